The Morgan fingerprint density at radius 3 is 3.20 bits per heavy atom. The molecule has 1 atom stereocenters. The summed E-state index contributed by atoms with van der Waals surface area (Å²) in [5.41, 5.74) is 5.36. The van der Waals surface area contributed by atoms with Gasteiger partial charge in [-0.3, -0.25) is 9.69 Å². The Labute approximate surface area is 93.9 Å². The van der Waals surface area contributed by atoms with Crippen LogP contribution in [0.15, 0.2) is 17.5 Å². The summed E-state index contributed by atoms with van der Waals surface area (Å²) in [7, 11) is 0. The number of nitrogens with two attached hydrogens (primary N) is 1. The Morgan fingerprint density at radius 2 is 2.53 bits per heavy atom. The first-order chi connectivity index (χ1) is 7.27. The van der Waals surface area contributed by atoms with Crippen molar-refractivity contribution in [3.8, 4) is 0 Å². The normalized spacial score (nSPS) is 22.0. The van der Waals surface area contributed by atoms with Crippen LogP contribution in [0.5, 0.6) is 0 Å². The number of amides is 1. The average Bonchev–Trinajstić information content (AvgIpc) is 2.86. The molecular weight excluding hydrogens is 208 g/mol. The van der Waals surface area contributed by atoms with Crippen LogP contribution < -0.4 is 5.73 Å². The van der Waals surface area contributed by atoms with Crippen LogP contribution in [0.25, 0.3) is 0 Å². The van der Waals surface area contributed by atoms with Gasteiger partial charge in [0.25, 0.3) is 0 Å². The number of likely N-dealkylation sites (tertiary alicyclic amines) is 1. The largest absolute Gasteiger partial charge is 0.368 e. The first-order valence-corrected chi connectivity index (χ1v) is 6.21. The number of rotatable bonds is 4. The predicted molar refractivity (Wildman–Crippen MR) is 61.8 cm³/mol. The molecule has 1 fully saturated rings. The fraction of sp³-hybridized carbons (Fsp3) is 0.545. The van der Waals surface area contributed by atoms with Crippen LogP contribution in [0.1, 0.15) is 17.7 Å². The minimum absolute atomic E-state index is 0.0232. The predicted octanol–water partition coefficient (Wildman–Crippen LogP) is 1.24. The van der Waals surface area contributed by atoms with Crippen molar-refractivity contribution in [2.24, 2.45) is 5.73 Å². The van der Waals surface area contributed by atoms with Gasteiger partial charge in [-0.2, -0.15) is 0 Å². The molecule has 15 heavy (non-hydrogen) atoms. The second kappa shape index (κ2) is 4.77. The molecule has 1 aliphatic rings. The fourth-order valence-electron chi connectivity index (χ4n) is 2.12. The second-order valence-corrected chi connectivity index (χ2v) is 4.96. The lowest BCUT2D eigenvalue weighted by Gasteiger charge is -2.21. The summed E-state index contributed by atoms with van der Waals surface area (Å²) < 4.78 is 0. The lowest BCUT2D eigenvalue weighted by atomic mass is 10.2. The molecular formula is C11H16N2OS. The quantitative estimate of drug-likeness (QED) is 0.836. The van der Waals surface area contributed by atoms with Gasteiger partial charge in [0.2, 0.25) is 5.91 Å². The average molecular weight is 224 g/mol. The van der Waals surface area contributed by atoms with E-state index < -0.39 is 0 Å². The topological polar surface area (TPSA) is 46.3 Å². The Kier molecular flexibility index (Phi) is 3.38. The summed E-state index contributed by atoms with van der Waals surface area (Å²) in [5.74, 6) is -0.168. The lowest BCUT2D eigenvalue weighted by Crippen LogP contribution is -2.41. The number of hydrogen-bond acceptors (Lipinski definition) is 3. The van der Waals surface area contributed by atoms with Crippen LogP contribution in [-0.4, -0.2) is 29.9 Å². The van der Waals surface area contributed by atoms with Gasteiger partial charge in [0, 0.05) is 11.4 Å². The lowest BCUT2D eigenvalue weighted by molar-refractivity contribution is -0.122. The van der Waals surface area contributed by atoms with Crippen LogP contribution in [0.3, 0.4) is 0 Å². The Hall–Kier alpha value is -0.870. The van der Waals surface area contributed by atoms with Gasteiger partial charge in [-0.25, -0.2) is 0 Å². The van der Waals surface area contributed by atoms with Crippen LogP contribution in [0.4, 0.5) is 0 Å². The Morgan fingerprint density at radius 1 is 1.67 bits per heavy atom. The van der Waals surface area contributed by atoms with E-state index in [2.05, 4.69) is 22.4 Å². The van der Waals surface area contributed by atoms with Crippen molar-refractivity contribution in [2.75, 3.05) is 13.1 Å². The van der Waals surface area contributed by atoms with E-state index in [1.54, 1.807) is 11.3 Å². The molecule has 1 aromatic heterocycles. The third kappa shape index (κ3) is 2.58. The van der Waals surface area contributed by atoms with Gasteiger partial charge in [-0.05, 0) is 37.3 Å². The van der Waals surface area contributed by atoms with Crippen molar-refractivity contribution in [3.63, 3.8) is 0 Å². The van der Waals surface area contributed by atoms with Crippen molar-refractivity contribution < 1.29 is 4.79 Å². The summed E-state index contributed by atoms with van der Waals surface area (Å²) in [6, 6.07) is 4.18. The first kappa shape index (κ1) is 10.6. The van der Waals surface area contributed by atoms with Crippen molar-refractivity contribution in [2.45, 2.75) is 25.3 Å². The molecule has 0 bridgehead atoms. The van der Waals surface area contributed by atoms with Crippen molar-refractivity contribution in [3.05, 3.63) is 22.4 Å². The SMILES string of the molecule is NC(=O)[C@H]1CCCN1CCc1cccs1. The molecule has 0 aliphatic carbocycles. The molecule has 2 rings (SSSR count). The summed E-state index contributed by atoms with van der Waals surface area (Å²) in [5, 5.41) is 2.09. The second-order valence-electron chi connectivity index (χ2n) is 3.93. The van der Waals surface area contributed by atoms with Crippen LogP contribution in [0, 0.1) is 0 Å². The highest BCUT2D eigenvalue weighted by Crippen LogP contribution is 2.18. The van der Waals surface area contributed by atoms with Gasteiger partial charge in [0.05, 0.1) is 6.04 Å². The zero-order valence-electron chi connectivity index (χ0n) is 8.69. The van der Waals surface area contributed by atoms with E-state index in [-0.39, 0.29) is 11.9 Å². The Bertz CT molecular complexity index is 323. The highest BCUT2D eigenvalue weighted by molar-refractivity contribution is 7.09. The number of carbonyl (C=O) groups is 1. The summed E-state index contributed by atoms with van der Waals surface area (Å²) in [6.45, 7) is 1.97. The van der Waals surface area contributed by atoms with Gasteiger partial charge in [0.1, 0.15) is 0 Å². The first-order valence-electron chi connectivity index (χ1n) is 5.33. The molecule has 0 aromatic carbocycles. The molecule has 1 saturated heterocycles. The van der Waals surface area contributed by atoms with Crippen LogP contribution >= 0.6 is 11.3 Å². The number of thiophene rings is 1. The van der Waals surface area contributed by atoms with Gasteiger partial charge in [-0.15, -0.1) is 11.3 Å². The third-order valence-corrected chi connectivity index (χ3v) is 3.85. The fourth-order valence-corrected chi connectivity index (χ4v) is 2.82. The van der Waals surface area contributed by atoms with Crippen molar-refractivity contribution in [1.82, 2.24) is 4.90 Å². The molecule has 1 aromatic rings. The molecule has 1 amide bonds. The minimum Gasteiger partial charge on any atom is -0.368 e. The van der Waals surface area contributed by atoms with E-state index in [0.29, 0.717) is 0 Å². The molecule has 2 heterocycles. The maximum absolute atomic E-state index is 11.2. The third-order valence-electron chi connectivity index (χ3n) is 2.92. The molecule has 0 radical (unpaired) electrons. The van der Waals surface area contributed by atoms with Gasteiger partial charge in [-0.1, -0.05) is 6.07 Å². The molecule has 4 heteroatoms. The molecule has 82 valence electrons. The van der Waals surface area contributed by atoms with E-state index in [1.165, 1.54) is 4.88 Å². The molecule has 1 aliphatic heterocycles. The summed E-state index contributed by atoms with van der Waals surface area (Å²) in [6.07, 6.45) is 3.05. The molecule has 0 spiro atoms. The van der Waals surface area contributed by atoms with E-state index in [9.17, 15) is 4.79 Å². The maximum atomic E-state index is 11.2. The van der Waals surface area contributed by atoms with Gasteiger partial charge < -0.3 is 5.73 Å². The maximum Gasteiger partial charge on any atom is 0.234 e. The highest BCUT2D eigenvalue weighted by Gasteiger charge is 2.28. The summed E-state index contributed by atoms with van der Waals surface area (Å²) in [4.78, 5) is 14.7. The number of primary amides is 1. The molecule has 3 nitrogen and oxygen atoms in total. The van der Waals surface area contributed by atoms with Gasteiger partial charge >= 0.3 is 0 Å². The summed E-state index contributed by atoms with van der Waals surface area (Å²) >= 11 is 1.77. The zero-order valence-corrected chi connectivity index (χ0v) is 9.50. The van der Waals surface area contributed by atoms with Crippen molar-refractivity contribution in [1.29, 1.82) is 0 Å². The standard InChI is InChI=1S/C11H16N2OS/c12-11(14)10-4-1-6-13(10)7-5-9-3-2-8-15-9/h2-3,8,10H,1,4-7H2,(H2,12,14)/t10-/m1/s1. The molecule has 0 saturated carbocycles. The number of hydrogen-bond donors (Lipinski definition) is 1. The Balaban J connectivity index is 1.86. The van der Waals surface area contributed by atoms with E-state index >= 15 is 0 Å². The molecule has 2 N–H and O–H groups in total. The highest BCUT2D eigenvalue weighted by atomic mass is 32.1. The minimum atomic E-state index is -0.168. The van der Waals surface area contributed by atoms with E-state index in [0.717, 1.165) is 32.4 Å². The van der Waals surface area contributed by atoms with Crippen LogP contribution in [0.2, 0.25) is 0 Å². The molecule has 0 unspecified atom stereocenters. The smallest absolute Gasteiger partial charge is 0.234 e. The van der Waals surface area contributed by atoms with E-state index in [4.69, 9.17) is 5.73 Å². The van der Waals surface area contributed by atoms with Gasteiger partial charge in [0.15, 0.2) is 0 Å². The van der Waals surface area contributed by atoms with Crippen molar-refractivity contribution >= 4 is 17.2 Å². The monoisotopic (exact) mass is 224 g/mol. The van der Waals surface area contributed by atoms with Crippen LogP contribution in [-0.2, 0) is 11.2 Å². The number of nitrogens with zero attached hydrogens (tertiary/aromatic N) is 1. The zero-order chi connectivity index (χ0) is 10.7. The van der Waals surface area contributed by atoms with E-state index in [1.807, 2.05) is 0 Å². The number of carbonyl (C=O) groups excluding carboxylic acids is 1.